The number of rotatable bonds is 4. The Kier molecular flexibility index (Phi) is 4.53. The Morgan fingerprint density at radius 2 is 1.71 bits per heavy atom. The van der Waals surface area contributed by atoms with E-state index in [9.17, 15) is 9.59 Å². The summed E-state index contributed by atoms with van der Waals surface area (Å²) in [7, 11) is 0. The fourth-order valence-electron chi connectivity index (χ4n) is 2.74. The Bertz CT molecular complexity index is 960. The van der Waals surface area contributed by atoms with E-state index in [1.165, 1.54) is 0 Å². The van der Waals surface area contributed by atoms with Gasteiger partial charge in [-0.1, -0.05) is 0 Å². The number of hydrogen-bond donors (Lipinski definition) is 1. The van der Waals surface area contributed by atoms with Crippen molar-refractivity contribution in [2.45, 2.75) is 26.9 Å². The minimum absolute atomic E-state index is 0.0421. The second kappa shape index (κ2) is 6.60. The third-order valence-corrected chi connectivity index (χ3v) is 4.59. The van der Waals surface area contributed by atoms with Gasteiger partial charge in [-0.15, -0.1) is 0 Å². The van der Waals surface area contributed by atoms with Crippen LogP contribution in [0.2, 0.25) is 0 Å². The fraction of sp³-hybridized carbons (Fsp3) is 0.235. The van der Waals surface area contributed by atoms with Crippen molar-refractivity contribution in [3.63, 3.8) is 0 Å². The highest BCUT2D eigenvalue weighted by atomic mass is 79.9. The predicted molar refractivity (Wildman–Crippen MR) is 97.4 cm³/mol. The number of imidazole rings is 1. The number of nitrogens with zero attached hydrogens (tertiary/aromatic N) is 3. The number of carbonyl (C=O) groups excluding carboxylic acids is 1. The zero-order chi connectivity index (χ0) is 17.3. The lowest BCUT2D eigenvalue weighted by molar-refractivity contribution is 0.102. The molecule has 124 valence electrons. The van der Waals surface area contributed by atoms with E-state index in [0.717, 1.165) is 15.5 Å². The molecule has 0 aliphatic rings. The van der Waals surface area contributed by atoms with E-state index in [1.54, 1.807) is 33.7 Å². The van der Waals surface area contributed by atoms with Gasteiger partial charge >= 0.3 is 5.69 Å². The molecule has 1 amide bonds. The Morgan fingerprint density at radius 3 is 2.29 bits per heavy atom. The minimum Gasteiger partial charge on any atom is -0.321 e. The zero-order valence-electron chi connectivity index (χ0n) is 13.4. The van der Waals surface area contributed by atoms with Gasteiger partial charge in [0.05, 0.1) is 16.7 Å². The lowest BCUT2D eigenvalue weighted by Gasteiger charge is -2.09. The van der Waals surface area contributed by atoms with Crippen molar-refractivity contribution in [3.8, 4) is 0 Å². The highest BCUT2D eigenvalue weighted by Crippen LogP contribution is 2.29. The number of anilines is 1. The quantitative estimate of drug-likeness (QED) is 0.745. The molecule has 2 heterocycles. The molecule has 2 aromatic heterocycles. The van der Waals surface area contributed by atoms with Crippen LogP contribution >= 0.6 is 15.9 Å². The third kappa shape index (κ3) is 2.75. The maximum atomic E-state index is 12.4. The predicted octanol–water partition coefficient (Wildman–Crippen LogP) is 3.25. The second-order valence-electron chi connectivity index (χ2n) is 5.28. The van der Waals surface area contributed by atoms with Gasteiger partial charge < -0.3 is 5.32 Å². The maximum absolute atomic E-state index is 12.4. The van der Waals surface area contributed by atoms with Gasteiger partial charge in [0.25, 0.3) is 5.91 Å². The van der Waals surface area contributed by atoms with E-state index >= 15 is 0 Å². The molecule has 0 atom stereocenters. The number of aromatic nitrogens is 3. The average molecular weight is 389 g/mol. The molecule has 24 heavy (non-hydrogen) atoms. The van der Waals surface area contributed by atoms with E-state index in [1.807, 2.05) is 26.0 Å². The smallest absolute Gasteiger partial charge is 0.321 e. The summed E-state index contributed by atoms with van der Waals surface area (Å²) in [5.74, 6) is -0.224. The van der Waals surface area contributed by atoms with Gasteiger partial charge in [-0.25, -0.2) is 4.79 Å². The molecule has 0 aliphatic carbocycles. The van der Waals surface area contributed by atoms with Crippen LogP contribution in [0.15, 0.2) is 45.9 Å². The summed E-state index contributed by atoms with van der Waals surface area (Å²) in [6.07, 6.45) is 3.15. The van der Waals surface area contributed by atoms with Crippen LogP contribution in [0.4, 0.5) is 5.69 Å². The first kappa shape index (κ1) is 16.4. The molecule has 3 aromatic rings. The lowest BCUT2D eigenvalue weighted by atomic mass is 10.2. The number of benzene rings is 1. The third-order valence-electron chi connectivity index (χ3n) is 3.93. The highest BCUT2D eigenvalue weighted by molar-refractivity contribution is 9.10. The molecule has 6 nitrogen and oxygen atoms in total. The number of amides is 1. The number of hydrogen-bond acceptors (Lipinski definition) is 3. The molecule has 1 aromatic carbocycles. The summed E-state index contributed by atoms with van der Waals surface area (Å²) < 4.78 is 4.15. The summed E-state index contributed by atoms with van der Waals surface area (Å²) in [6.45, 7) is 5.03. The van der Waals surface area contributed by atoms with E-state index < -0.39 is 0 Å². The van der Waals surface area contributed by atoms with Crippen LogP contribution in [-0.2, 0) is 13.1 Å². The van der Waals surface area contributed by atoms with E-state index in [-0.39, 0.29) is 11.6 Å². The first-order chi connectivity index (χ1) is 11.6. The van der Waals surface area contributed by atoms with Gasteiger partial charge in [0.15, 0.2) is 0 Å². The molecule has 0 bridgehead atoms. The topological polar surface area (TPSA) is 68.9 Å². The molecule has 1 N–H and O–H groups in total. The molecule has 3 rings (SSSR count). The molecular weight excluding hydrogens is 372 g/mol. The largest absolute Gasteiger partial charge is 0.329 e. The van der Waals surface area contributed by atoms with Crippen molar-refractivity contribution >= 4 is 38.6 Å². The van der Waals surface area contributed by atoms with Crippen molar-refractivity contribution in [1.29, 1.82) is 0 Å². The molecular formula is C17H17BrN4O2. The normalized spacial score (nSPS) is 11.0. The lowest BCUT2D eigenvalue weighted by Crippen LogP contribution is -2.23. The van der Waals surface area contributed by atoms with E-state index in [4.69, 9.17) is 0 Å². The number of carbonyl (C=O) groups is 1. The van der Waals surface area contributed by atoms with E-state index in [2.05, 4.69) is 26.2 Å². The summed E-state index contributed by atoms with van der Waals surface area (Å²) in [4.78, 5) is 28.7. The van der Waals surface area contributed by atoms with Crippen LogP contribution in [0.3, 0.4) is 0 Å². The van der Waals surface area contributed by atoms with Crippen molar-refractivity contribution < 1.29 is 4.79 Å². The van der Waals surface area contributed by atoms with Gasteiger partial charge in [-0.05, 0) is 54.0 Å². The minimum atomic E-state index is -0.224. The van der Waals surface area contributed by atoms with Crippen LogP contribution in [0, 0.1) is 0 Å². The first-order valence-electron chi connectivity index (χ1n) is 7.70. The zero-order valence-corrected chi connectivity index (χ0v) is 15.0. The van der Waals surface area contributed by atoms with Crippen LogP contribution < -0.4 is 11.0 Å². The molecule has 0 spiro atoms. The monoisotopic (exact) mass is 388 g/mol. The second-order valence-corrected chi connectivity index (χ2v) is 6.14. The number of pyridine rings is 1. The molecule has 0 fully saturated rings. The number of fused-ring (bicyclic) bond motifs is 1. The molecule has 0 aliphatic heterocycles. The molecule has 0 saturated heterocycles. The van der Waals surface area contributed by atoms with Crippen molar-refractivity contribution in [2.24, 2.45) is 0 Å². The van der Waals surface area contributed by atoms with Crippen molar-refractivity contribution in [2.75, 3.05) is 5.32 Å². The van der Waals surface area contributed by atoms with Crippen LogP contribution in [-0.4, -0.2) is 20.0 Å². The Hall–Kier alpha value is -2.41. The Labute approximate surface area is 147 Å². The van der Waals surface area contributed by atoms with Crippen LogP contribution in [0.5, 0.6) is 0 Å². The van der Waals surface area contributed by atoms with Crippen LogP contribution in [0.25, 0.3) is 11.0 Å². The molecule has 0 radical (unpaired) electrons. The molecule has 0 unspecified atom stereocenters. The average Bonchev–Trinajstić information content (AvgIpc) is 2.85. The summed E-state index contributed by atoms with van der Waals surface area (Å²) in [5.41, 5.74) is 2.76. The van der Waals surface area contributed by atoms with Gasteiger partial charge in [-0.2, -0.15) is 0 Å². The van der Waals surface area contributed by atoms with Crippen LogP contribution in [0.1, 0.15) is 24.2 Å². The highest BCUT2D eigenvalue weighted by Gasteiger charge is 2.15. The maximum Gasteiger partial charge on any atom is 0.329 e. The summed E-state index contributed by atoms with van der Waals surface area (Å²) in [6, 6.07) is 7.00. The van der Waals surface area contributed by atoms with Gasteiger partial charge in [-0.3, -0.25) is 18.9 Å². The first-order valence-corrected chi connectivity index (χ1v) is 8.50. The van der Waals surface area contributed by atoms with Gasteiger partial charge in [0.2, 0.25) is 0 Å². The number of halogens is 1. The Balaban J connectivity index is 2.08. The summed E-state index contributed by atoms with van der Waals surface area (Å²) >= 11 is 3.49. The van der Waals surface area contributed by atoms with E-state index in [0.29, 0.717) is 24.3 Å². The van der Waals surface area contributed by atoms with Crippen molar-refractivity contribution in [1.82, 2.24) is 14.1 Å². The van der Waals surface area contributed by atoms with Crippen molar-refractivity contribution in [3.05, 3.63) is 57.2 Å². The Morgan fingerprint density at radius 1 is 1.12 bits per heavy atom. The number of nitrogens with one attached hydrogen (secondary N) is 1. The fourth-order valence-corrected chi connectivity index (χ4v) is 3.17. The van der Waals surface area contributed by atoms with Gasteiger partial charge in [0, 0.05) is 35.5 Å². The number of aryl methyl sites for hydroxylation is 2. The molecule has 7 heteroatoms. The SMILES string of the molecule is CCn1c(=O)n(CC)c2cc(NC(=O)c3ccncc3)c(Br)cc21. The van der Waals surface area contributed by atoms with Gasteiger partial charge in [0.1, 0.15) is 0 Å². The molecule has 0 saturated carbocycles. The summed E-state index contributed by atoms with van der Waals surface area (Å²) in [5, 5.41) is 2.88. The standard InChI is InChI=1S/C17H17BrN4O2/c1-3-21-14-9-12(18)13(10-15(14)22(4-2)17(21)24)20-16(23)11-5-7-19-8-6-11/h5-10H,3-4H2,1-2H3,(H,20,23).